The number of phenols is 1. The smallest absolute Gasteiger partial charge is 0.247 e. The van der Waals surface area contributed by atoms with Gasteiger partial charge in [0, 0.05) is 6.42 Å². The van der Waals surface area contributed by atoms with Crippen LogP contribution in [0.25, 0.3) is 0 Å². The number of aryl methyl sites for hydroxylation is 1. The summed E-state index contributed by atoms with van der Waals surface area (Å²) in [4.78, 5) is 12.1. The van der Waals surface area contributed by atoms with E-state index in [4.69, 9.17) is 0 Å². The molecule has 102 valence electrons. The molecule has 1 unspecified atom stereocenters. The number of hydrogen-bond donors (Lipinski definition) is 3. The van der Waals surface area contributed by atoms with Crippen LogP contribution in [0.2, 0.25) is 0 Å². The minimum absolute atomic E-state index is 0.0313. The highest BCUT2D eigenvalue weighted by atomic mass is 16.3. The minimum Gasteiger partial charge on any atom is -0.508 e. The van der Waals surface area contributed by atoms with E-state index >= 15 is 0 Å². The summed E-state index contributed by atoms with van der Waals surface area (Å²) in [6, 6.07) is 12.6. The maximum Gasteiger partial charge on any atom is 0.247 e. The number of aromatic hydroxyl groups is 1. The van der Waals surface area contributed by atoms with Crippen LogP contribution < -0.4 is 10.6 Å². The Hall–Kier alpha value is -2.49. The Morgan fingerprint density at radius 1 is 1.10 bits per heavy atom. The van der Waals surface area contributed by atoms with E-state index in [0.29, 0.717) is 6.42 Å². The van der Waals surface area contributed by atoms with E-state index in [1.807, 2.05) is 37.3 Å². The van der Waals surface area contributed by atoms with Gasteiger partial charge in [0.2, 0.25) is 5.91 Å². The van der Waals surface area contributed by atoms with Crippen LogP contribution in [0.15, 0.2) is 42.5 Å². The third-order valence-corrected chi connectivity index (χ3v) is 3.46. The van der Waals surface area contributed by atoms with Crippen LogP contribution in [0.3, 0.4) is 0 Å². The quantitative estimate of drug-likeness (QED) is 0.784. The summed E-state index contributed by atoms with van der Waals surface area (Å²) >= 11 is 0. The van der Waals surface area contributed by atoms with E-state index in [-0.39, 0.29) is 17.7 Å². The highest BCUT2D eigenvalue weighted by molar-refractivity contribution is 6.03. The lowest BCUT2D eigenvalue weighted by Crippen LogP contribution is -2.40. The van der Waals surface area contributed by atoms with Gasteiger partial charge in [-0.1, -0.05) is 18.2 Å². The van der Waals surface area contributed by atoms with Crippen molar-refractivity contribution < 1.29 is 9.90 Å². The number of nitrogens with one attached hydrogen (secondary N) is 2. The Morgan fingerprint density at radius 2 is 1.85 bits per heavy atom. The third-order valence-electron chi connectivity index (χ3n) is 3.46. The fraction of sp³-hybridized carbons (Fsp3) is 0.188. The van der Waals surface area contributed by atoms with Gasteiger partial charge in [-0.2, -0.15) is 0 Å². The second-order valence-electron chi connectivity index (χ2n) is 5.11. The van der Waals surface area contributed by atoms with E-state index in [9.17, 15) is 9.90 Å². The van der Waals surface area contributed by atoms with Gasteiger partial charge < -0.3 is 15.7 Å². The predicted molar refractivity (Wildman–Crippen MR) is 79.0 cm³/mol. The maximum atomic E-state index is 12.1. The van der Waals surface area contributed by atoms with Crippen LogP contribution in [-0.4, -0.2) is 17.1 Å². The molecule has 4 nitrogen and oxygen atoms in total. The Balaban J connectivity index is 1.80. The number of amides is 1. The molecule has 1 aliphatic heterocycles. The molecule has 0 bridgehead atoms. The Bertz CT molecular complexity index is 650. The van der Waals surface area contributed by atoms with Crippen LogP contribution in [0.1, 0.15) is 11.1 Å². The zero-order chi connectivity index (χ0) is 14.1. The molecule has 0 fully saturated rings. The van der Waals surface area contributed by atoms with Gasteiger partial charge >= 0.3 is 0 Å². The van der Waals surface area contributed by atoms with Gasteiger partial charge in [0.05, 0.1) is 11.4 Å². The number of carbonyl (C=O) groups is 1. The van der Waals surface area contributed by atoms with Crippen LogP contribution >= 0.6 is 0 Å². The van der Waals surface area contributed by atoms with E-state index in [2.05, 4.69) is 10.6 Å². The molecule has 0 spiro atoms. The zero-order valence-corrected chi connectivity index (χ0v) is 11.2. The number of carbonyl (C=O) groups excluding carboxylic acids is 1. The highest BCUT2D eigenvalue weighted by Gasteiger charge is 2.25. The summed E-state index contributed by atoms with van der Waals surface area (Å²) in [5.41, 5.74) is 3.89. The average molecular weight is 268 g/mol. The number of rotatable bonds is 2. The summed E-state index contributed by atoms with van der Waals surface area (Å²) in [5, 5.41) is 15.5. The molecule has 1 heterocycles. The summed E-state index contributed by atoms with van der Waals surface area (Å²) in [6.45, 7) is 2.00. The zero-order valence-electron chi connectivity index (χ0n) is 11.2. The van der Waals surface area contributed by atoms with Crippen LogP contribution in [-0.2, 0) is 11.2 Å². The number of hydrogen-bond acceptors (Lipinski definition) is 3. The molecular weight excluding hydrogens is 252 g/mol. The molecule has 0 radical (unpaired) electrons. The molecule has 20 heavy (non-hydrogen) atoms. The van der Waals surface area contributed by atoms with Crippen molar-refractivity contribution in [3.63, 3.8) is 0 Å². The van der Waals surface area contributed by atoms with Gasteiger partial charge in [-0.05, 0) is 42.3 Å². The van der Waals surface area contributed by atoms with E-state index in [1.165, 1.54) is 0 Å². The first kappa shape index (κ1) is 12.5. The molecular formula is C16H16N2O2. The molecule has 3 rings (SSSR count). The Labute approximate surface area is 117 Å². The molecule has 2 aromatic carbocycles. The molecule has 1 amide bonds. The summed E-state index contributed by atoms with van der Waals surface area (Å²) < 4.78 is 0. The average Bonchev–Trinajstić information content (AvgIpc) is 2.42. The lowest BCUT2D eigenvalue weighted by atomic mass is 10.0. The first-order chi connectivity index (χ1) is 9.61. The molecule has 3 N–H and O–H groups in total. The first-order valence-corrected chi connectivity index (χ1v) is 6.58. The van der Waals surface area contributed by atoms with E-state index in [1.54, 1.807) is 12.1 Å². The number of benzene rings is 2. The molecule has 4 heteroatoms. The normalized spacial score (nSPS) is 17.1. The second kappa shape index (κ2) is 4.89. The van der Waals surface area contributed by atoms with Gasteiger partial charge in [0.15, 0.2) is 0 Å². The van der Waals surface area contributed by atoms with Crippen molar-refractivity contribution in [1.82, 2.24) is 0 Å². The molecule has 1 aliphatic rings. The monoisotopic (exact) mass is 268 g/mol. The van der Waals surface area contributed by atoms with Crippen molar-refractivity contribution >= 4 is 17.3 Å². The van der Waals surface area contributed by atoms with E-state index < -0.39 is 0 Å². The Morgan fingerprint density at radius 3 is 2.60 bits per heavy atom. The highest BCUT2D eigenvalue weighted by Crippen LogP contribution is 2.28. The van der Waals surface area contributed by atoms with Crippen LogP contribution in [0.4, 0.5) is 11.4 Å². The Kier molecular flexibility index (Phi) is 3.06. The largest absolute Gasteiger partial charge is 0.508 e. The van der Waals surface area contributed by atoms with Gasteiger partial charge in [0.1, 0.15) is 11.8 Å². The SMILES string of the molecule is Cc1ccc2c(c1)NC(=O)C(Cc1ccc(O)cc1)N2. The molecule has 0 saturated heterocycles. The van der Waals surface area contributed by atoms with Gasteiger partial charge in [-0.25, -0.2) is 0 Å². The molecule has 0 aliphatic carbocycles. The van der Waals surface area contributed by atoms with Crippen LogP contribution in [0, 0.1) is 6.92 Å². The van der Waals surface area contributed by atoms with Gasteiger partial charge in [-0.15, -0.1) is 0 Å². The topological polar surface area (TPSA) is 61.4 Å². The number of anilines is 2. The van der Waals surface area contributed by atoms with Crippen molar-refractivity contribution in [2.75, 3.05) is 10.6 Å². The lowest BCUT2D eigenvalue weighted by molar-refractivity contribution is -0.117. The summed E-state index contributed by atoms with van der Waals surface area (Å²) in [7, 11) is 0. The lowest BCUT2D eigenvalue weighted by Gasteiger charge is -2.27. The number of phenolic OH excluding ortho intramolecular Hbond substituents is 1. The second-order valence-corrected chi connectivity index (χ2v) is 5.11. The van der Waals surface area contributed by atoms with E-state index in [0.717, 1.165) is 22.5 Å². The molecule has 2 aromatic rings. The predicted octanol–water partition coefficient (Wildman–Crippen LogP) is 2.68. The van der Waals surface area contributed by atoms with Gasteiger partial charge in [0.25, 0.3) is 0 Å². The van der Waals surface area contributed by atoms with Crippen LogP contribution in [0.5, 0.6) is 5.75 Å². The number of fused-ring (bicyclic) bond motifs is 1. The van der Waals surface area contributed by atoms with Crippen molar-refractivity contribution in [2.45, 2.75) is 19.4 Å². The van der Waals surface area contributed by atoms with Crippen molar-refractivity contribution in [1.29, 1.82) is 0 Å². The van der Waals surface area contributed by atoms with Crippen molar-refractivity contribution in [3.05, 3.63) is 53.6 Å². The fourth-order valence-corrected chi connectivity index (χ4v) is 2.37. The molecule has 0 aromatic heterocycles. The maximum absolute atomic E-state index is 12.1. The molecule has 0 saturated carbocycles. The molecule has 1 atom stereocenters. The van der Waals surface area contributed by atoms with Crippen molar-refractivity contribution in [2.24, 2.45) is 0 Å². The minimum atomic E-state index is -0.297. The van der Waals surface area contributed by atoms with Crippen molar-refractivity contribution in [3.8, 4) is 5.75 Å². The third kappa shape index (κ3) is 2.45. The summed E-state index contributed by atoms with van der Waals surface area (Å²) in [5.74, 6) is 0.201. The standard InChI is InChI=1S/C16H16N2O2/c1-10-2-7-13-14(8-10)18-16(20)15(17-13)9-11-3-5-12(19)6-4-11/h2-8,15,17,19H,9H2,1H3,(H,18,20). The first-order valence-electron chi connectivity index (χ1n) is 6.58. The fourth-order valence-electron chi connectivity index (χ4n) is 2.37. The summed E-state index contributed by atoms with van der Waals surface area (Å²) in [6.07, 6.45) is 0.583. The van der Waals surface area contributed by atoms with Gasteiger partial charge in [-0.3, -0.25) is 4.79 Å².